The maximum absolute atomic E-state index is 11.1. The van der Waals surface area contributed by atoms with Crippen molar-refractivity contribution in [2.45, 2.75) is 12.8 Å². The van der Waals surface area contributed by atoms with Crippen molar-refractivity contribution in [1.29, 1.82) is 0 Å². The van der Waals surface area contributed by atoms with Crippen LogP contribution in [0.2, 0.25) is 0 Å². The molecule has 20 heavy (non-hydrogen) atoms. The van der Waals surface area contributed by atoms with Gasteiger partial charge in [-0.25, -0.2) is 0 Å². The average Bonchev–Trinajstić information content (AvgIpc) is 2.72. The van der Waals surface area contributed by atoms with Crippen LogP contribution in [0.4, 0.5) is 0 Å². The number of fused-ring (bicyclic) bond motifs is 1. The lowest BCUT2D eigenvalue weighted by Crippen LogP contribution is -2.09. The summed E-state index contributed by atoms with van der Waals surface area (Å²) in [5.41, 5.74) is 4.57. The van der Waals surface area contributed by atoms with Gasteiger partial charge in [0.25, 0.3) is 0 Å². The highest BCUT2D eigenvalue weighted by Gasteiger charge is 2.31. The second-order valence-electron chi connectivity index (χ2n) is 4.62. The Morgan fingerprint density at radius 1 is 1.25 bits per heavy atom. The Morgan fingerprint density at radius 3 is 2.60 bits per heavy atom. The van der Waals surface area contributed by atoms with Crippen molar-refractivity contribution in [1.82, 2.24) is 0 Å². The van der Waals surface area contributed by atoms with Gasteiger partial charge in [0.05, 0.1) is 0 Å². The molecule has 0 aromatic heterocycles. The van der Waals surface area contributed by atoms with E-state index in [2.05, 4.69) is 25.3 Å². The van der Waals surface area contributed by atoms with Crippen molar-refractivity contribution in [3.63, 3.8) is 0 Å². The van der Waals surface area contributed by atoms with E-state index in [1.807, 2.05) is 24.3 Å². The molecule has 0 bridgehead atoms. The lowest BCUT2D eigenvalue weighted by Gasteiger charge is -2.13. The molecule has 102 valence electrons. The molecule has 1 unspecified atom stereocenters. The normalized spacial score (nSPS) is 20.8. The Morgan fingerprint density at radius 2 is 1.95 bits per heavy atom. The van der Waals surface area contributed by atoms with Gasteiger partial charge in [-0.2, -0.15) is 0 Å². The maximum Gasteiger partial charge on any atom is 0.302 e. The molecule has 0 spiro atoms. The quantitative estimate of drug-likeness (QED) is 0.769. The van der Waals surface area contributed by atoms with Gasteiger partial charge in [0.2, 0.25) is 0 Å². The van der Waals surface area contributed by atoms with Crippen LogP contribution in [-0.2, 0) is 9.53 Å². The minimum absolute atomic E-state index is 0.0549. The molecule has 1 atom stereocenters. The fraction of sp³-hybridized carbons (Fsp3) is 0.167. The first kappa shape index (κ1) is 14.1. The van der Waals surface area contributed by atoms with Gasteiger partial charge in [0, 0.05) is 12.8 Å². The van der Waals surface area contributed by atoms with Crippen molar-refractivity contribution in [2.24, 2.45) is 0 Å². The van der Waals surface area contributed by atoms with E-state index >= 15 is 0 Å². The molecule has 2 heteroatoms. The number of allylic oxidation sites excluding steroid dienone is 5. The van der Waals surface area contributed by atoms with Crippen molar-refractivity contribution in [2.75, 3.05) is 6.61 Å². The topological polar surface area (TPSA) is 26.3 Å². The number of ether oxygens (including phenoxy) is 1. The first-order valence-electron chi connectivity index (χ1n) is 6.57. The fourth-order valence-electron chi connectivity index (χ4n) is 2.57. The molecule has 0 fully saturated rings. The van der Waals surface area contributed by atoms with Crippen LogP contribution in [-0.4, -0.2) is 12.6 Å². The molecule has 1 aliphatic rings. The Labute approximate surface area is 119 Å². The van der Waals surface area contributed by atoms with Gasteiger partial charge < -0.3 is 4.74 Å². The SMILES string of the molecule is C=CC=C1/C(=C\C=C)c2ccccc2C1COC(C)=O. The number of carbonyl (C=O) groups excluding carboxylic acids is 1. The summed E-state index contributed by atoms with van der Waals surface area (Å²) in [5, 5.41) is 0. The standard InChI is InChI=1S/C18H18O2/c1-4-8-14-15(9-5-2)18(12-20-13(3)19)17-11-7-6-10-16(14)17/h4-11,18H,1-2,12H2,3H3/b14-8+,15-9?. The third kappa shape index (κ3) is 2.64. The third-order valence-corrected chi connectivity index (χ3v) is 3.35. The highest BCUT2D eigenvalue weighted by atomic mass is 16.5. The van der Waals surface area contributed by atoms with E-state index in [4.69, 9.17) is 4.74 Å². The van der Waals surface area contributed by atoms with E-state index in [1.54, 1.807) is 12.2 Å². The minimum Gasteiger partial charge on any atom is -0.465 e. The van der Waals surface area contributed by atoms with Gasteiger partial charge in [0.15, 0.2) is 0 Å². The zero-order valence-electron chi connectivity index (χ0n) is 11.6. The van der Waals surface area contributed by atoms with Gasteiger partial charge in [-0.1, -0.05) is 61.7 Å². The molecule has 2 rings (SSSR count). The number of carbonyl (C=O) groups is 1. The van der Waals surface area contributed by atoms with E-state index in [9.17, 15) is 4.79 Å². The van der Waals surface area contributed by atoms with Crippen molar-refractivity contribution < 1.29 is 9.53 Å². The second-order valence-corrected chi connectivity index (χ2v) is 4.62. The average molecular weight is 266 g/mol. The highest BCUT2D eigenvalue weighted by molar-refractivity contribution is 5.89. The number of benzene rings is 1. The van der Waals surface area contributed by atoms with Crippen LogP contribution in [0.15, 0.2) is 67.3 Å². The van der Waals surface area contributed by atoms with Crippen LogP contribution >= 0.6 is 0 Å². The second kappa shape index (κ2) is 6.20. The fourth-order valence-corrected chi connectivity index (χ4v) is 2.57. The van der Waals surface area contributed by atoms with Gasteiger partial charge in [0.1, 0.15) is 6.61 Å². The largest absolute Gasteiger partial charge is 0.465 e. The monoisotopic (exact) mass is 266 g/mol. The molecule has 0 aliphatic heterocycles. The predicted molar refractivity (Wildman–Crippen MR) is 82.3 cm³/mol. The molecule has 0 radical (unpaired) electrons. The van der Waals surface area contributed by atoms with Gasteiger partial charge in [-0.3, -0.25) is 4.79 Å². The van der Waals surface area contributed by atoms with Crippen LogP contribution in [0.25, 0.3) is 5.57 Å². The molecule has 0 saturated carbocycles. The molecular weight excluding hydrogens is 248 g/mol. The number of rotatable bonds is 4. The lowest BCUT2D eigenvalue weighted by atomic mass is 9.97. The van der Waals surface area contributed by atoms with Crippen LogP contribution in [0.1, 0.15) is 24.0 Å². The van der Waals surface area contributed by atoms with E-state index in [1.165, 1.54) is 12.5 Å². The van der Waals surface area contributed by atoms with Crippen molar-refractivity contribution in [3.05, 3.63) is 78.4 Å². The molecule has 0 heterocycles. The number of esters is 1. The minimum atomic E-state index is -0.262. The Balaban J connectivity index is 2.50. The van der Waals surface area contributed by atoms with E-state index in [0.29, 0.717) is 6.61 Å². The summed E-state index contributed by atoms with van der Waals surface area (Å²) in [6.07, 6.45) is 7.50. The zero-order valence-corrected chi connectivity index (χ0v) is 11.6. The summed E-state index contributed by atoms with van der Waals surface area (Å²) >= 11 is 0. The molecule has 1 aromatic rings. The van der Waals surface area contributed by atoms with Crippen LogP contribution in [0.5, 0.6) is 0 Å². The van der Waals surface area contributed by atoms with Crippen LogP contribution in [0.3, 0.4) is 0 Å². The van der Waals surface area contributed by atoms with Crippen molar-refractivity contribution >= 4 is 11.5 Å². The molecule has 0 amide bonds. The summed E-state index contributed by atoms with van der Waals surface area (Å²) < 4.78 is 5.22. The first-order chi connectivity index (χ1) is 9.69. The van der Waals surface area contributed by atoms with Gasteiger partial charge in [-0.15, -0.1) is 0 Å². The molecule has 0 saturated heterocycles. The Kier molecular flexibility index (Phi) is 4.36. The summed E-state index contributed by atoms with van der Waals surface area (Å²) in [4.78, 5) is 11.1. The molecule has 0 N–H and O–H groups in total. The van der Waals surface area contributed by atoms with Crippen molar-refractivity contribution in [3.8, 4) is 0 Å². The number of hydrogen-bond donors (Lipinski definition) is 0. The first-order valence-corrected chi connectivity index (χ1v) is 6.57. The van der Waals surface area contributed by atoms with Crippen LogP contribution < -0.4 is 0 Å². The molecular formula is C18H18O2. The van der Waals surface area contributed by atoms with Gasteiger partial charge >= 0.3 is 5.97 Å². The summed E-state index contributed by atoms with van der Waals surface area (Å²) in [7, 11) is 0. The highest BCUT2D eigenvalue weighted by Crippen LogP contribution is 2.45. The summed E-state index contributed by atoms with van der Waals surface area (Å²) in [6.45, 7) is 9.33. The van der Waals surface area contributed by atoms with Crippen LogP contribution in [0, 0.1) is 0 Å². The van der Waals surface area contributed by atoms with Gasteiger partial charge in [-0.05, 0) is 22.3 Å². The molecule has 1 aromatic carbocycles. The molecule has 1 aliphatic carbocycles. The summed E-state index contributed by atoms with van der Waals surface area (Å²) in [5.74, 6) is -0.208. The van der Waals surface area contributed by atoms with E-state index in [0.717, 1.165) is 16.7 Å². The predicted octanol–water partition coefficient (Wildman–Crippen LogP) is 4.03. The zero-order chi connectivity index (χ0) is 14.5. The molecule has 2 nitrogen and oxygen atoms in total. The van der Waals surface area contributed by atoms with E-state index < -0.39 is 0 Å². The number of hydrogen-bond acceptors (Lipinski definition) is 2. The Bertz CT molecular complexity index is 606. The maximum atomic E-state index is 11.1. The lowest BCUT2D eigenvalue weighted by molar-refractivity contribution is -0.141. The third-order valence-electron chi connectivity index (χ3n) is 3.35. The van der Waals surface area contributed by atoms with E-state index in [-0.39, 0.29) is 11.9 Å². The summed E-state index contributed by atoms with van der Waals surface area (Å²) in [6, 6.07) is 8.16. The smallest absolute Gasteiger partial charge is 0.302 e. The Hall–Kier alpha value is -2.35.